The van der Waals surface area contributed by atoms with Gasteiger partial charge in [-0.2, -0.15) is 4.31 Å². The van der Waals surface area contributed by atoms with Crippen LogP contribution in [0.1, 0.15) is 96.2 Å². The van der Waals surface area contributed by atoms with Crippen molar-refractivity contribution in [1.82, 2.24) is 9.29 Å². The van der Waals surface area contributed by atoms with Crippen LogP contribution in [0.4, 0.5) is 18.9 Å². The van der Waals surface area contributed by atoms with E-state index in [2.05, 4.69) is 47.8 Å². The van der Waals surface area contributed by atoms with E-state index in [0.29, 0.717) is 21.5 Å². The first-order valence-corrected chi connectivity index (χ1v) is 19.8. The standard InChI is InChI=1S/C40H41BrF3N3O6S/c1-22-35(42)34(41)38(37(44)36(22)43)54(51,52)46(20-27-7-6-14-45-23(27)2)21-33(48)47(31-13-10-26(39(49)50)18-32(31)53-30-11-12-30)19-24-15-28(25-8-9-25)17-29(16-24)40(3,4)5/h6-7,10,13-18,25,30H,8-9,11-12,19-21H2,1-5H3,(H,49,50). The van der Waals surface area contributed by atoms with Crippen LogP contribution in [-0.2, 0) is 33.3 Å². The summed E-state index contributed by atoms with van der Waals surface area (Å²) in [4.78, 5) is 31.1. The van der Waals surface area contributed by atoms with Gasteiger partial charge in [-0.15, -0.1) is 0 Å². The summed E-state index contributed by atoms with van der Waals surface area (Å²) < 4.78 is 80.6. The van der Waals surface area contributed by atoms with Crippen LogP contribution in [0.2, 0.25) is 0 Å². The Morgan fingerprint density at radius 2 is 1.67 bits per heavy atom. The van der Waals surface area contributed by atoms with Crippen LogP contribution in [0, 0.1) is 31.3 Å². The minimum absolute atomic E-state index is 0.0679. The van der Waals surface area contributed by atoms with Crippen LogP contribution in [0.15, 0.2) is 64.1 Å². The maximum atomic E-state index is 15.6. The van der Waals surface area contributed by atoms with E-state index in [1.165, 1.54) is 29.3 Å². The van der Waals surface area contributed by atoms with Crippen molar-refractivity contribution in [3.05, 3.63) is 116 Å². The number of carboxylic acid groups (broad SMARTS) is 1. The molecule has 14 heteroatoms. The molecule has 0 unspecified atom stereocenters. The maximum absolute atomic E-state index is 15.6. The van der Waals surface area contributed by atoms with Gasteiger partial charge < -0.3 is 14.7 Å². The molecule has 54 heavy (non-hydrogen) atoms. The molecule has 6 rings (SSSR count). The third-order valence-corrected chi connectivity index (χ3v) is 12.5. The average Bonchev–Trinajstić information content (AvgIpc) is 4.05. The number of anilines is 1. The van der Waals surface area contributed by atoms with E-state index in [9.17, 15) is 27.5 Å². The summed E-state index contributed by atoms with van der Waals surface area (Å²) >= 11 is 2.84. The number of carbonyl (C=O) groups is 2. The number of ether oxygens (including phenoxy) is 1. The lowest BCUT2D eigenvalue weighted by Gasteiger charge is -2.30. The van der Waals surface area contributed by atoms with E-state index < -0.39 is 67.4 Å². The Morgan fingerprint density at radius 1 is 0.963 bits per heavy atom. The highest BCUT2D eigenvalue weighted by Gasteiger charge is 2.38. The Bertz CT molecular complexity index is 2230. The molecule has 4 aromatic rings. The molecule has 0 saturated heterocycles. The van der Waals surface area contributed by atoms with Gasteiger partial charge in [0.25, 0.3) is 0 Å². The number of benzene rings is 3. The number of carboxylic acids is 1. The fourth-order valence-electron chi connectivity index (χ4n) is 6.13. The van der Waals surface area contributed by atoms with Crippen molar-refractivity contribution in [2.45, 2.75) is 95.7 Å². The Kier molecular flexibility index (Phi) is 11.0. The lowest BCUT2D eigenvalue weighted by molar-refractivity contribution is -0.119. The van der Waals surface area contributed by atoms with E-state index >= 15 is 8.78 Å². The summed E-state index contributed by atoms with van der Waals surface area (Å²) in [5.74, 6) is -6.29. The Balaban J connectivity index is 1.50. The summed E-state index contributed by atoms with van der Waals surface area (Å²) in [5.41, 5.74) is 2.82. The van der Waals surface area contributed by atoms with Crippen molar-refractivity contribution in [2.24, 2.45) is 0 Å². The third-order valence-electron chi connectivity index (χ3n) is 9.70. The van der Waals surface area contributed by atoms with E-state index in [4.69, 9.17) is 4.74 Å². The molecule has 2 aliphatic rings. The molecule has 1 heterocycles. The van der Waals surface area contributed by atoms with Gasteiger partial charge in [-0.3, -0.25) is 9.78 Å². The molecule has 1 aromatic heterocycles. The average molecular weight is 829 g/mol. The van der Waals surface area contributed by atoms with E-state index in [0.717, 1.165) is 49.3 Å². The highest BCUT2D eigenvalue weighted by molar-refractivity contribution is 9.10. The van der Waals surface area contributed by atoms with Crippen molar-refractivity contribution in [1.29, 1.82) is 0 Å². The van der Waals surface area contributed by atoms with Gasteiger partial charge in [-0.05, 0) is 113 Å². The van der Waals surface area contributed by atoms with Crippen LogP contribution in [0.3, 0.4) is 0 Å². The first-order chi connectivity index (χ1) is 25.4. The molecule has 0 spiro atoms. The second kappa shape index (κ2) is 15.1. The first kappa shape index (κ1) is 39.4. The van der Waals surface area contributed by atoms with Gasteiger partial charge in [0.05, 0.1) is 34.9 Å². The number of halogens is 4. The molecule has 2 fully saturated rings. The second-order valence-electron chi connectivity index (χ2n) is 15.0. The number of aryl methyl sites for hydroxylation is 1. The molecule has 0 bridgehead atoms. The van der Waals surface area contributed by atoms with Crippen LogP contribution < -0.4 is 9.64 Å². The fraction of sp³-hybridized carbons (Fsp3) is 0.375. The van der Waals surface area contributed by atoms with Gasteiger partial charge in [0.2, 0.25) is 15.9 Å². The third kappa shape index (κ3) is 8.35. The van der Waals surface area contributed by atoms with E-state index in [1.54, 1.807) is 19.1 Å². The van der Waals surface area contributed by atoms with Crippen LogP contribution in [-0.4, -0.2) is 47.3 Å². The zero-order valence-corrected chi connectivity index (χ0v) is 33.0. The predicted molar refractivity (Wildman–Crippen MR) is 201 cm³/mol. The second-order valence-corrected chi connectivity index (χ2v) is 17.7. The van der Waals surface area contributed by atoms with Crippen LogP contribution in [0.25, 0.3) is 0 Å². The fourth-order valence-corrected chi connectivity index (χ4v) is 8.69. The van der Waals surface area contributed by atoms with Gasteiger partial charge >= 0.3 is 5.97 Å². The number of rotatable bonds is 13. The van der Waals surface area contributed by atoms with Gasteiger partial charge in [-0.1, -0.05) is 45.0 Å². The number of amides is 1. The minimum atomic E-state index is -5.15. The summed E-state index contributed by atoms with van der Waals surface area (Å²) in [6.45, 7) is 7.37. The van der Waals surface area contributed by atoms with Crippen molar-refractivity contribution in [3.63, 3.8) is 0 Å². The molecule has 9 nitrogen and oxygen atoms in total. The summed E-state index contributed by atoms with van der Waals surface area (Å²) in [6, 6.07) is 13.4. The number of pyridine rings is 1. The number of hydrogen-bond acceptors (Lipinski definition) is 6. The number of aromatic nitrogens is 1. The summed E-state index contributed by atoms with van der Waals surface area (Å²) in [7, 11) is -5.15. The molecular weight excluding hydrogens is 787 g/mol. The molecule has 1 amide bonds. The molecule has 0 aliphatic heterocycles. The number of carbonyl (C=O) groups excluding carboxylic acids is 1. The first-order valence-electron chi connectivity index (χ1n) is 17.6. The monoisotopic (exact) mass is 827 g/mol. The Hall–Kier alpha value is -4.27. The maximum Gasteiger partial charge on any atom is 0.335 e. The van der Waals surface area contributed by atoms with Crippen LogP contribution in [0.5, 0.6) is 5.75 Å². The number of nitrogens with zero attached hydrogens (tertiary/aromatic N) is 3. The van der Waals surface area contributed by atoms with Crippen LogP contribution >= 0.6 is 15.9 Å². The molecular formula is C40H41BrF3N3O6S. The highest BCUT2D eigenvalue weighted by atomic mass is 79.9. The predicted octanol–water partition coefficient (Wildman–Crippen LogP) is 8.72. The van der Waals surface area contributed by atoms with Gasteiger partial charge in [-0.25, -0.2) is 26.4 Å². The minimum Gasteiger partial charge on any atom is -0.488 e. The molecule has 1 N–H and O–H groups in total. The number of sulfonamides is 1. The van der Waals surface area contributed by atoms with Crippen molar-refractivity contribution in [2.75, 3.05) is 11.4 Å². The summed E-state index contributed by atoms with van der Waals surface area (Å²) in [5, 5.41) is 9.81. The summed E-state index contributed by atoms with van der Waals surface area (Å²) in [6.07, 6.45) is 4.80. The largest absolute Gasteiger partial charge is 0.488 e. The van der Waals surface area contributed by atoms with Gasteiger partial charge in [0.15, 0.2) is 11.6 Å². The van der Waals surface area contributed by atoms with E-state index in [1.807, 2.05) is 12.1 Å². The number of aromatic carboxylic acids is 1. The molecule has 2 aliphatic carbocycles. The Morgan fingerprint density at radius 3 is 2.28 bits per heavy atom. The van der Waals surface area contributed by atoms with E-state index in [-0.39, 0.29) is 35.1 Å². The lowest BCUT2D eigenvalue weighted by Crippen LogP contribution is -2.43. The Labute approximate surface area is 321 Å². The molecule has 0 atom stereocenters. The number of hydrogen-bond donors (Lipinski definition) is 1. The highest BCUT2D eigenvalue weighted by Crippen LogP contribution is 2.43. The molecule has 3 aromatic carbocycles. The zero-order chi connectivity index (χ0) is 39.3. The normalized spacial score (nSPS) is 14.7. The quantitative estimate of drug-likeness (QED) is 0.134. The van der Waals surface area contributed by atoms with Gasteiger partial charge in [0.1, 0.15) is 16.5 Å². The SMILES string of the molecule is Cc1ncccc1CN(CC(=O)N(Cc1cc(C2CC2)cc(C(C)(C)C)c1)c1ccc(C(=O)O)cc1OC1CC1)S(=O)(=O)c1c(F)c(F)c(C)c(F)c1Br. The topological polar surface area (TPSA) is 117 Å². The van der Waals surface area contributed by atoms with Gasteiger partial charge in [0, 0.05) is 24.0 Å². The molecule has 0 radical (unpaired) electrons. The smallest absolute Gasteiger partial charge is 0.335 e. The van der Waals surface area contributed by atoms with Crippen molar-refractivity contribution < 1.29 is 41.0 Å². The van der Waals surface area contributed by atoms with Crippen molar-refractivity contribution >= 4 is 43.5 Å². The molecule has 2 saturated carbocycles. The van der Waals surface area contributed by atoms with Crippen molar-refractivity contribution in [3.8, 4) is 5.75 Å². The lowest BCUT2D eigenvalue weighted by atomic mass is 9.84. The zero-order valence-electron chi connectivity index (χ0n) is 30.6. The molecule has 286 valence electrons.